The number of nitrogens with two attached hydrogens (primary N) is 1. The number of amides is 1. The Morgan fingerprint density at radius 3 is 1.93 bits per heavy atom. The molecule has 5 heterocycles. The summed E-state index contributed by atoms with van der Waals surface area (Å²) in [5, 5.41) is 55.2. The molecule has 1 amide bonds. The Morgan fingerprint density at radius 2 is 1.35 bits per heavy atom. The van der Waals surface area contributed by atoms with E-state index in [1.807, 2.05) is 4.98 Å². The number of methoxy groups -OCH3 is 3. The average molecular weight is 1150 g/mol. The van der Waals surface area contributed by atoms with E-state index in [4.69, 9.17) is 53.1 Å². The fourth-order valence-corrected chi connectivity index (χ4v) is 11.0. The number of esters is 3. The number of hydrogen-bond donors (Lipinski definition) is 7. The first kappa shape index (κ1) is 66.3. The van der Waals surface area contributed by atoms with Gasteiger partial charge in [-0.25, -0.2) is 9.59 Å². The van der Waals surface area contributed by atoms with Gasteiger partial charge in [0.2, 0.25) is 12.2 Å². The maximum absolute atomic E-state index is 14.7. The van der Waals surface area contributed by atoms with Crippen LogP contribution in [-0.4, -0.2) is 227 Å². The zero-order chi connectivity index (χ0) is 59.0. The fourth-order valence-electron chi connectivity index (χ4n) is 11.0. The molecule has 456 valence electrons. The molecule has 0 saturated carbocycles. The summed E-state index contributed by atoms with van der Waals surface area (Å²) in [5.74, 6) is -5.57. The molecule has 8 N–H and O–H groups in total. The Morgan fingerprint density at radius 1 is 0.750 bits per heavy atom. The average Bonchev–Trinajstić information content (AvgIpc) is 3.90. The predicted octanol–water partition coefficient (Wildman–Crippen LogP) is -0.164. The van der Waals surface area contributed by atoms with Crippen molar-refractivity contribution >= 4 is 29.8 Å². The number of aliphatic hydroxyl groups is 4. The number of aliphatic carboxylic acids is 1. The zero-order valence-electron chi connectivity index (χ0n) is 47.2. The molecule has 1 aromatic heterocycles. The van der Waals surface area contributed by atoms with Gasteiger partial charge in [0.1, 0.15) is 79.3 Å². The molecule has 0 spiro atoms. The molecular weight excluding hydrogens is 1060 g/mol. The lowest BCUT2D eigenvalue weighted by Gasteiger charge is -2.43. The summed E-state index contributed by atoms with van der Waals surface area (Å²) in [6.45, 7) is 4.78. The minimum absolute atomic E-state index is 0.214. The highest BCUT2D eigenvalue weighted by Crippen LogP contribution is 2.37. The van der Waals surface area contributed by atoms with E-state index in [0.717, 1.165) is 60.9 Å². The number of hydrogen-bond acceptors (Lipinski definition) is 23. The van der Waals surface area contributed by atoms with Crippen LogP contribution < -0.4 is 17.0 Å². The number of nitrogens with zero attached hydrogens (tertiary/aromatic N) is 3. The van der Waals surface area contributed by atoms with Crippen LogP contribution in [0.15, 0.2) is 21.9 Å². The molecule has 4 aliphatic rings. The molecule has 0 aliphatic carbocycles. The van der Waals surface area contributed by atoms with Gasteiger partial charge in [-0.15, -0.1) is 0 Å². The molecule has 5 rings (SSSR count). The first-order valence-corrected chi connectivity index (χ1v) is 27.8. The maximum Gasteiger partial charge on any atom is 0.330 e. The lowest BCUT2D eigenvalue weighted by Crippen LogP contribution is -2.59. The number of H-pyrrole nitrogens is 1. The number of unbranched alkanes of at least 4 members (excludes halogenated alkanes) is 10. The fraction of sp³-hybridized carbons (Fsp3) is 0.830. The molecule has 1 aromatic rings. The van der Waals surface area contributed by atoms with E-state index in [0.29, 0.717) is 6.42 Å². The van der Waals surface area contributed by atoms with E-state index in [1.165, 1.54) is 65.4 Å². The molecule has 4 saturated heterocycles. The van der Waals surface area contributed by atoms with Crippen LogP contribution in [0.1, 0.15) is 123 Å². The van der Waals surface area contributed by atoms with Crippen molar-refractivity contribution in [3.63, 3.8) is 0 Å². The van der Waals surface area contributed by atoms with Crippen LogP contribution in [0.3, 0.4) is 0 Å². The Balaban J connectivity index is 1.32. The third-order valence-electron chi connectivity index (χ3n) is 15.4. The molecular formula is C53H87N5O22. The van der Waals surface area contributed by atoms with Crippen LogP contribution in [0.2, 0.25) is 0 Å². The first-order chi connectivity index (χ1) is 38.1. The quantitative estimate of drug-likeness (QED) is 0.0288. The number of aliphatic hydroxyl groups excluding tert-OH is 4. The van der Waals surface area contributed by atoms with Crippen LogP contribution in [0, 0.1) is 5.92 Å². The normalized spacial score (nSPS) is 32.3. The topological polar surface area (TPSA) is 366 Å². The lowest BCUT2D eigenvalue weighted by molar-refractivity contribution is -0.297. The maximum atomic E-state index is 14.7. The number of rotatable bonds is 31. The number of ether oxygens (including phenoxy) is 10. The molecule has 4 fully saturated rings. The largest absolute Gasteiger partial charge is 0.480 e. The number of likely N-dealkylation sites (N-methyl/N-ethyl adjacent to an activating group) is 2. The number of carbonyl (C=O) groups excluding carboxylic acids is 4. The molecule has 27 nitrogen and oxygen atoms in total. The van der Waals surface area contributed by atoms with E-state index >= 15 is 0 Å². The number of nitrogens with one attached hydrogen (secondary N) is 1. The van der Waals surface area contributed by atoms with Crippen molar-refractivity contribution in [1.29, 1.82) is 0 Å². The van der Waals surface area contributed by atoms with Crippen LogP contribution in [0.5, 0.6) is 0 Å². The van der Waals surface area contributed by atoms with Crippen molar-refractivity contribution in [3.05, 3.63) is 33.1 Å². The van der Waals surface area contributed by atoms with Crippen molar-refractivity contribution in [2.24, 2.45) is 11.7 Å². The van der Waals surface area contributed by atoms with Gasteiger partial charge in [-0.3, -0.25) is 38.4 Å². The van der Waals surface area contributed by atoms with Crippen molar-refractivity contribution < 1.29 is 96.9 Å². The predicted molar refractivity (Wildman–Crippen MR) is 279 cm³/mol. The highest BCUT2D eigenvalue weighted by atomic mass is 16.7. The molecule has 0 unspecified atom stereocenters. The van der Waals surface area contributed by atoms with Crippen LogP contribution in [0.4, 0.5) is 0 Å². The molecule has 80 heavy (non-hydrogen) atoms. The molecule has 19 atom stereocenters. The van der Waals surface area contributed by atoms with Gasteiger partial charge in [0.05, 0.1) is 12.5 Å². The van der Waals surface area contributed by atoms with E-state index in [-0.39, 0.29) is 25.8 Å². The van der Waals surface area contributed by atoms with Crippen molar-refractivity contribution in [2.75, 3.05) is 48.5 Å². The number of aromatic nitrogens is 2. The Kier molecular flexibility index (Phi) is 26.4. The zero-order valence-corrected chi connectivity index (χ0v) is 47.2. The minimum Gasteiger partial charge on any atom is -0.480 e. The standard InChI is InChI=1S/C53H87N5O22/c1-9-10-11-12-13-14-15-16-17-18-19-20-30(75-34(60)23-28(2)24-35(61)78-52-47(73-8)46(72-7)43(71-6)29(3)74-52)25-36(62)76-32-27-56(4)38(48(67)57(5)37(32)50(68)69)44(80-51-42(66)39(63)31(26-54)77-51)45-40(64)41(65)49(79-45)58-22-21-33(59)55-53(58)70/h21-22,28-32,37-47,49,51-52,63-66H,9-20,23-27,54H2,1-8H3,(H,68,69)(H,55,59,70)/t28-,29-,30-,31+,32-,37-,38-,39+,40-,41+,42+,43-,44-,45-,46+,47+,49+,51-,52-/m0/s1. The van der Waals surface area contributed by atoms with E-state index in [9.17, 15) is 59.1 Å². The minimum atomic E-state index is -1.97. The summed E-state index contributed by atoms with van der Waals surface area (Å²) in [4.78, 5) is 97.6. The van der Waals surface area contributed by atoms with Gasteiger partial charge in [-0.1, -0.05) is 78.1 Å². The first-order valence-electron chi connectivity index (χ1n) is 27.8. The SMILES string of the molecule is CCCCCCCCCCCCC[C@@H](CC(=O)O[C@H]1CN(C)[C@@H]([C@H](O[C@@H]2O[C@H](CN)[C@@H](O)[C@H]2O)[C@H]2O[C@@H](n3ccc(=O)[nH]c3=O)[C@H](O)[C@@H]2O)C(=O)N(C)[C@@H]1C(=O)O)OC(=O)C[C@H](C)CC(=O)O[C@@H]1O[C@@H](C)[C@H](OC)[C@@H](OC)[C@H]1OC. The summed E-state index contributed by atoms with van der Waals surface area (Å²) < 4.78 is 58.8. The Bertz CT molecular complexity index is 2260. The number of carbonyl (C=O) groups is 5. The third kappa shape index (κ3) is 17.3. The summed E-state index contributed by atoms with van der Waals surface area (Å²) in [6.07, 6.45) is -10.1. The van der Waals surface area contributed by atoms with Crippen LogP contribution in [-0.2, 0) is 71.3 Å². The lowest BCUT2D eigenvalue weighted by atomic mass is 9.97. The third-order valence-corrected chi connectivity index (χ3v) is 15.4. The van der Waals surface area contributed by atoms with Crippen molar-refractivity contribution in [1.82, 2.24) is 19.4 Å². The molecule has 0 radical (unpaired) electrons. The van der Waals surface area contributed by atoms with Crippen molar-refractivity contribution in [2.45, 2.75) is 227 Å². The molecule has 4 aliphatic heterocycles. The van der Waals surface area contributed by atoms with Gasteiger partial charge in [-0.2, -0.15) is 0 Å². The molecule has 0 bridgehead atoms. The van der Waals surface area contributed by atoms with Crippen molar-refractivity contribution in [3.8, 4) is 0 Å². The van der Waals surface area contributed by atoms with Gasteiger partial charge in [0.25, 0.3) is 5.56 Å². The number of aromatic amines is 1. The Hall–Kier alpha value is -4.49. The number of carboxylic acid groups (broad SMARTS) is 1. The van der Waals surface area contributed by atoms with E-state index < -0.39 is 170 Å². The second-order valence-electron chi connectivity index (χ2n) is 21.4. The second kappa shape index (κ2) is 31.8. The highest BCUT2D eigenvalue weighted by molar-refractivity contribution is 5.88. The molecule has 27 heteroatoms. The monoisotopic (exact) mass is 1150 g/mol. The Labute approximate surface area is 465 Å². The van der Waals surface area contributed by atoms with E-state index in [1.54, 1.807) is 13.8 Å². The number of carboxylic acids is 1. The van der Waals surface area contributed by atoms with Gasteiger partial charge in [0, 0.05) is 66.6 Å². The summed E-state index contributed by atoms with van der Waals surface area (Å²) in [6, 6.07) is -2.60. The summed E-state index contributed by atoms with van der Waals surface area (Å²) in [5.41, 5.74) is 3.95. The van der Waals surface area contributed by atoms with Gasteiger partial charge in [-0.05, 0) is 32.7 Å². The van der Waals surface area contributed by atoms with Crippen LogP contribution in [0.25, 0.3) is 0 Å². The van der Waals surface area contributed by atoms with Gasteiger partial charge >= 0.3 is 29.6 Å². The summed E-state index contributed by atoms with van der Waals surface area (Å²) >= 11 is 0. The highest BCUT2D eigenvalue weighted by Gasteiger charge is 2.57. The summed E-state index contributed by atoms with van der Waals surface area (Å²) in [7, 11) is 6.88. The van der Waals surface area contributed by atoms with Gasteiger partial charge < -0.3 is 83.5 Å². The van der Waals surface area contributed by atoms with Crippen LogP contribution >= 0.6 is 0 Å². The smallest absolute Gasteiger partial charge is 0.330 e. The van der Waals surface area contributed by atoms with Gasteiger partial charge in [0.15, 0.2) is 18.6 Å². The molecule has 0 aromatic carbocycles. The second-order valence-corrected chi connectivity index (χ2v) is 21.4. The van der Waals surface area contributed by atoms with E-state index in [2.05, 4.69) is 6.92 Å².